The minimum atomic E-state index is -0.287. The van der Waals surface area contributed by atoms with Gasteiger partial charge in [0.25, 0.3) is 5.91 Å². The first-order chi connectivity index (χ1) is 11.1. The molecule has 0 aliphatic rings. The van der Waals surface area contributed by atoms with Crippen LogP contribution in [0.5, 0.6) is 0 Å². The molecule has 1 aromatic heterocycles. The topological polar surface area (TPSA) is 42.0 Å². The zero-order valence-electron chi connectivity index (χ0n) is 13.1. The lowest BCUT2D eigenvalue weighted by Gasteiger charge is -2.12. The molecule has 23 heavy (non-hydrogen) atoms. The van der Waals surface area contributed by atoms with E-state index in [1.54, 1.807) is 12.1 Å². The number of aromatic nitrogens is 1. The third kappa shape index (κ3) is 3.06. The number of hydrogen-bond donors (Lipinski definition) is 1. The number of carbonyl (C=O) groups is 1. The van der Waals surface area contributed by atoms with Gasteiger partial charge in [0.2, 0.25) is 0 Å². The summed E-state index contributed by atoms with van der Waals surface area (Å²) in [7, 11) is 0. The van der Waals surface area contributed by atoms with Gasteiger partial charge in [-0.2, -0.15) is 0 Å². The van der Waals surface area contributed by atoms with Gasteiger partial charge in [0.1, 0.15) is 5.82 Å². The first-order valence-corrected chi connectivity index (χ1v) is 7.45. The number of fused-ring (bicyclic) bond motifs is 1. The number of amides is 1. The normalized spacial score (nSPS) is 10.7. The van der Waals surface area contributed by atoms with Gasteiger partial charge in [-0.3, -0.25) is 9.78 Å². The molecule has 3 aromatic rings. The lowest BCUT2D eigenvalue weighted by atomic mass is 10.0. The highest BCUT2D eigenvalue weighted by molar-refractivity contribution is 6.01. The van der Waals surface area contributed by atoms with Crippen LogP contribution in [0.1, 0.15) is 27.2 Å². The van der Waals surface area contributed by atoms with Crippen LogP contribution in [0.3, 0.4) is 0 Å². The average molecular weight is 308 g/mol. The van der Waals surface area contributed by atoms with E-state index in [1.807, 2.05) is 38.1 Å². The molecule has 116 valence electrons. The Labute approximate surface area is 134 Å². The molecule has 1 N–H and O–H groups in total. The summed E-state index contributed by atoms with van der Waals surface area (Å²) >= 11 is 0. The molecular formula is C19H17FN2O. The maximum absolute atomic E-state index is 12.9. The van der Waals surface area contributed by atoms with Crippen LogP contribution >= 0.6 is 0 Å². The lowest BCUT2D eigenvalue weighted by Crippen LogP contribution is -2.25. The number of para-hydroxylation sites is 1. The first-order valence-electron chi connectivity index (χ1n) is 7.45. The number of nitrogens with one attached hydrogen (secondary N) is 1. The van der Waals surface area contributed by atoms with Crippen LogP contribution in [0.25, 0.3) is 10.9 Å². The van der Waals surface area contributed by atoms with Crippen LogP contribution in [-0.2, 0) is 6.54 Å². The third-order valence-corrected chi connectivity index (χ3v) is 3.93. The number of rotatable bonds is 3. The summed E-state index contributed by atoms with van der Waals surface area (Å²) in [6.45, 7) is 4.13. The Morgan fingerprint density at radius 3 is 2.52 bits per heavy atom. The second-order valence-electron chi connectivity index (χ2n) is 5.52. The van der Waals surface area contributed by atoms with Crippen molar-refractivity contribution in [2.75, 3.05) is 0 Å². The Hall–Kier alpha value is -2.75. The van der Waals surface area contributed by atoms with Crippen molar-refractivity contribution in [2.45, 2.75) is 20.4 Å². The van der Waals surface area contributed by atoms with Crippen LogP contribution in [0.15, 0.2) is 48.5 Å². The molecule has 0 radical (unpaired) electrons. The number of halogens is 1. The van der Waals surface area contributed by atoms with Crippen LogP contribution in [0.2, 0.25) is 0 Å². The van der Waals surface area contributed by atoms with E-state index >= 15 is 0 Å². The largest absolute Gasteiger partial charge is 0.348 e. The van der Waals surface area contributed by atoms with Gasteiger partial charge in [-0.05, 0) is 43.2 Å². The summed E-state index contributed by atoms with van der Waals surface area (Å²) in [6, 6.07) is 13.9. The Morgan fingerprint density at radius 1 is 1.09 bits per heavy atom. The number of aryl methyl sites for hydroxylation is 2. The van der Waals surface area contributed by atoms with E-state index in [0.717, 1.165) is 22.0 Å². The fourth-order valence-electron chi connectivity index (χ4n) is 2.74. The van der Waals surface area contributed by atoms with E-state index in [4.69, 9.17) is 0 Å². The van der Waals surface area contributed by atoms with Gasteiger partial charge in [0.15, 0.2) is 0 Å². The Kier molecular flexibility index (Phi) is 4.06. The standard InChI is InChI=1S/C19H17FN2O/c1-12-16-5-3-4-6-17(16)22-13(2)18(12)19(23)21-11-14-7-9-15(20)10-8-14/h3-10H,11H2,1-2H3,(H,21,23). The predicted octanol–water partition coefficient (Wildman–Crippen LogP) is 3.92. The first kappa shape index (κ1) is 15.2. The monoisotopic (exact) mass is 308 g/mol. The van der Waals surface area contributed by atoms with E-state index in [0.29, 0.717) is 17.8 Å². The minimum absolute atomic E-state index is 0.164. The Morgan fingerprint density at radius 2 is 1.78 bits per heavy atom. The molecule has 0 bridgehead atoms. The third-order valence-electron chi connectivity index (χ3n) is 3.93. The Balaban J connectivity index is 1.87. The molecule has 0 aliphatic carbocycles. The molecule has 3 nitrogen and oxygen atoms in total. The van der Waals surface area contributed by atoms with Crippen molar-refractivity contribution in [1.82, 2.24) is 10.3 Å². The van der Waals surface area contributed by atoms with Gasteiger partial charge in [-0.15, -0.1) is 0 Å². The maximum Gasteiger partial charge on any atom is 0.253 e. The molecule has 4 heteroatoms. The van der Waals surface area contributed by atoms with Crippen molar-refractivity contribution in [2.24, 2.45) is 0 Å². The number of hydrogen-bond acceptors (Lipinski definition) is 2. The van der Waals surface area contributed by atoms with Gasteiger partial charge in [0, 0.05) is 11.9 Å². The van der Waals surface area contributed by atoms with Crippen LogP contribution in [-0.4, -0.2) is 10.9 Å². The van der Waals surface area contributed by atoms with E-state index in [-0.39, 0.29) is 11.7 Å². The van der Waals surface area contributed by atoms with Crippen LogP contribution in [0, 0.1) is 19.7 Å². The number of carbonyl (C=O) groups excluding carboxylic acids is 1. The summed E-state index contributed by atoms with van der Waals surface area (Å²) in [5, 5.41) is 3.86. The Bertz CT molecular complexity index is 872. The molecule has 2 aromatic carbocycles. The van der Waals surface area contributed by atoms with Crippen molar-refractivity contribution in [1.29, 1.82) is 0 Å². The summed E-state index contributed by atoms with van der Waals surface area (Å²) in [4.78, 5) is 17.1. The van der Waals surface area contributed by atoms with Gasteiger partial charge in [-0.1, -0.05) is 30.3 Å². The second-order valence-corrected chi connectivity index (χ2v) is 5.52. The van der Waals surface area contributed by atoms with Crippen molar-refractivity contribution in [3.05, 3.63) is 76.7 Å². The molecule has 0 saturated carbocycles. The minimum Gasteiger partial charge on any atom is -0.348 e. The van der Waals surface area contributed by atoms with Crippen molar-refractivity contribution >= 4 is 16.8 Å². The van der Waals surface area contributed by atoms with Gasteiger partial charge >= 0.3 is 0 Å². The zero-order valence-corrected chi connectivity index (χ0v) is 13.1. The molecule has 0 saturated heterocycles. The smallest absolute Gasteiger partial charge is 0.253 e. The summed E-state index contributed by atoms with van der Waals surface area (Å²) in [5.74, 6) is -0.451. The molecule has 1 heterocycles. The van der Waals surface area contributed by atoms with Gasteiger partial charge < -0.3 is 5.32 Å². The second kappa shape index (κ2) is 6.16. The molecular weight excluding hydrogens is 291 g/mol. The summed E-state index contributed by atoms with van der Waals surface area (Å²) < 4.78 is 12.9. The van der Waals surface area contributed by atoms with E-state index < -0.39 is 0 Å². The molecule has 1 amide bonds. The van der Waals surface area contributed by atoms with Crippen LogP contribution < -0.4 is 5.32 Å². The maximum atomic E-state index is 12.9. The van der Waals surface area contributed by atoms with Gasteiger partial charge in [-0.25, -0.2) is 4.39 Å². The highest BCUT2D eigenvalue weighted by atomic mass is 19.1. The SMILES string of the molecule is Cc1nc2ccccc2c(C)c1C(=O)NCc1ccc(F)cc1. The number of benzene rings is 2. The summed E-state index contributed by atoms with van der Waals surface area (Å²) in [5.41, 5.74) is 3.97. The molecule has 0 atom stereocenters. The average Bonchev–Trinajstić information content (AvgIpc) is 2.54. The fourth-order valence-corrected chi connectivity index (χ4v) is 2.74. The predicted molar refractivity (Wildman–Crippen MR) is 88.8 cm³/mol. The molecule has 0 spiro atoms. The molecule has 0 fully saturated rings. The fraction of sp³-hybridized carbons (Fsp3) is 0.158. The zero-order chi connectivity index (χ0) is 16.4. The molecule has 0 unspecified atom stereocenters. The molecule has 0 aliphatic heterocycles. The summed E-state index contributed by atoms with van der Waals surface area (Å²) in [6.07, 6.45) is 0. The van der Waals surface area contributed by atoms with Crippen molar-refractivity contribution < 1.29 is 9.18 Å². The highest BCUT2D eigenvalue weighted by Crippen LogP contribution is 2.22. The van der Waals surface area contributed by atoms with Crippen molar-refractivity contribution in [3.63, 3.8) is 0 Å². The molecule has 3 rings (SSSR count). The number of pyridine rings is 1. The highest BCUT2D eigenvalue weighted by Gasteiger charge is 2.15. The van der Waals surface area contributed by atoms with Crippen LogP contribution in [0.4, 0.5) is 4.39 Å². The van der Waals surface area contributed by atoms with E-state index in [2.05, 4.69) is 10.3 Å². The van der Waals surface area contributed by atoms with E-state index in [9.17, 15) is 9.18 Å². The quantitative estimate of drug-likeness (QED) is 0.797. The van der Waals surface area contributed by atoms with Gasteiger partial charge in [0.05, 0.1) is 16.8 Å². The number of nitrogens with zero attached hydrogens (tertiary/aromatic N) is 1. The van der Waals surface area contributed by atoms with Crippen molar-refractivity contribution in [3.8, 4) is 0 Å². The lowest BCUT2D eigenvalue weighted by molar-refractivity contribution is 0.0949. The van der Waals surface area contributed by atoms with E-state index in [1.165, 1.54) is 12.1 Å².